The van der Waals surface area contributed by atoms with Crippen LogP contribution in [0, 0.1) is 11.8 Å². The Morgan fingerprint density at radius 2 is 1.26 bits per heavy atom. The number of likely N-dealkylation sites (N-methyl/N-ethyl adjacent to an activating group) is 1. The first-order valence-electron chi connectivity index (χ1n) is 28.8. The predicted molar refractivity (Wildman–Crippen MR) is 308 cm³/mol. The first-order valence-corrected chi connectivity index (χ1v) is 28.8. The van der Waals surface area contributed by atoms with E-state index in [4.69, 9.17) is 5.73 Å². The fraction of sp³-hybridized carbons (Fsp3) is 0.534. The lowest BCUT2D eigenvalue weighted by Crippen LogP contribution is -2.61. The summed E-state index contributed by atoms with van der Waals surface area (Å²) in [7, 11) is 0. The van der Waals surface area contributed by atoms with Gasteiger partial charge in [-0.05, 0) is 99.6 Å². The van der Waals surface area contributed by atoms with Gasteiger partial charge in [-0.15, -0.1) is 0 Å². The van der Waals surface area contributed by atoms with E-state index in [0.717, 1.165) is 0 Å². The molecule has 9 atom stereocenters. The number of hydrogen-bond acceptors (Lipinski definition) is 14. The molecule has 4 heterocycles. The van der Waals surface area contributed by atoms with E-state index in [-0.39, 0.29) is 87.3 Å². The van der Waals surface area contributed by atoms with Gasteiger partial charge in [0.2, 0.25) is 59.1 Å². The molecule has 2 saturated heterocycles. The number of aromatic amines is 2. The van der Waals surface area contributed by atoms with Gasteiger partial charge in [-0.25, -0.2) is 4.98 Å². The standard InChI is InChI=1S/C58H82N14O12/c1-6-61-57(83)48-14-10-22-72(48)58(84)41(13-9-21-59)65-51(77)42(23-32(2)3)66-52(78)43(24-33(4)5)67-53(79)44(25-34-15-17-37(74)18-16-34)68-54(80)45(26-35-28-62-39-12-8-7-11-38(35)39)69-56(82)47(30-73)71-55(81)46(27-36-29-60-31-63-36)70-50(76)40-19-20-49(75)64-40/h7-8,11-12,15-18,28-29,31-33,40-48,62,73-74H,6,9-10,13-14,19-27,30,59H2,1-5H3,(H,60,63)(H,61,83)(H,64,75)(H,65,77)(H,66,78)(H,67,79)(H,68,80)(H,69,82)(H,70,76)(H,71,81). The maximum Gasteiger partial charge on any atom is 0.245 e. The number of aliphatic hydroxyl groups excluding tert-OH is 1. The first-order chi connectivity index (χ1) is 40.2. The van der Waals surface area contributed by atoms with Gasteiger partial charge in [0.05, 0.1) is 12.9 Å². The number of rotatable bonds is 31. The van der Waals surface area contributed by atoms with Crippen LogP contribution >= 0.6 is 0 Å². The van der Waals surface area contributed by atoms with E-state index < -0.39 is 108 Å². The Labute approximate surface area is 487 Å². The fourth-order valence-corrected chi connectivity index (χ4v) is 10.3. The normalized spacial score (nSPS) is 17.4. The van der Waals surface area contributed by atoms with Gasteiger partial charge < -0.3 is 78.7 Å². The highest BCUT2D eigenvalue weighted by Gasteiger charge is 2.40. The first kappa shape index (κ1) is 64.8. The van der Waals surface area contributed by atoms with E-state index >= 15 is 0 Å². The molecule has 456 valence electrons. The average molecular weight is 1170 g/mol. The Kier molecular flexibility index (Phi) is 24.2. The lowest BCUT2D eigenvalue weighted by molar-refractivity contribution is -0.142. The van der Waals surface area contributed by atoms with Crippen molar-refractivity contribution in [2.24, 2.45) is 17.6 Å². The van der Waals surface area contributed by atoms with Crippen LogP contribution in [0.25, 0.3) is 10.9 Å². The molecule has 2 fully saturated rings. The topological polar surface area (TPSA) is 393 Å². The quantitative estimate of drug-likeness (QED) is 0.0295. The van der Waals surface area contributed by atoms with Crippen molar-refractivity contribution in [2.75, 3.05) is 26.2 Å². The summed E-state index contributed by atoms with van der Waals surface area (Å²) in [6.45, 7) is 9.10. The van der Waals surface area contributed by atoms with E-state index in [9.17, 15) is 58.2 Å². The number of H-pyrrole nitrogens is 2. The van der Waals surface area contributed by atoms with Gasteiger partial charge in [-0.3, -0.25) is 47.9 Å². The van der Waals surface area contributed by atoms with Gasteiger partial charge in [0.15, 0.2) is 0 Å². The summed E-state index contributed by atoms with van der Waals surface area (Å²) in [6.07, 6.45) is 6.07. The molecule has 0 bridgehead atoms. The number of aromatic nitrogens is 3. The number of carbonyl (C=O) groups excluding carboxylic acids is 10. The molecule has 15 N–H and O–H groups in total. The van der Waals surface area contributed by atoms with Crippen LogP contribution in [0.4, 0.5) is 0 Å². The zero-order valence-corrected chi connectivity index (χ0v) is 48.3. The monoisotopic (exact) mass is 1170 g/mol. The molecule has 0 saturated carbocycles. The van der Waals surface area contributed by atoms with Gasteiger partial charge in [0.1, 0.15) is 60.1 Å². The highest BCUT2D eigenvalue weighted by atomic mass is 16.3. The van der Waals surface area contributed by atoms with Crippen LogP contribution in [-0.2, 0) is 67.2 Å². The molecule has 4 aromatic rings. The molecule has 26 heteroatoms. The lowest BCUT2D eigenvalue weighted by atomic mass is 9.98. The van der Waals surface area contributed by atoms with Crippen LogP contribution < -0.4 is 53.6 Å². The fourth-order valence-electron chi connectivity index (χ4n) is 10.3. The molecule has 0 radical (unpaired) electrons. The number of fused-ring (bicyclic) bond motifs is 1. The van der Waals surface area contributed by atoms with E-state index in [2.05, 4.69) is 62.8 Å². The molecule has 10 amide bonds. The van der Waals surface area contributed by atoms with E-state index in [1.165, 1.54) is 41.7 Å². The van der Waals surface area contributed by atoms with Gasteiger partial charge in [-0.2, -0.15) is 0 Å². The third-order valence-corrected chi connectivity index (χ3v) is 14.7. The maximum absolute atomic E-state index is 14.9. The molecule has 84 heavy (non-hydrogen) atoms. The Morgan fingerprint density at radius 1 is 0.690 bits per heavy atom. The Balaban J connectivity index is 1.24. The third-order valence-electron chi connectivity index (χ3n) is 14.7. The Hall–Kier alpha value is -8.39. The largest absolute Gasteiger partial charge is 0.508 e. The van der Waals surface area contributed by atoms with Crippen LogP contribution in [0.15, 0.2) is 67.3 Å². The van der Waals surface area contributed by atoms with Crippen LogP contribution in [-0.4, -0.2) is 170 Å². The van der Waals surface area contributed by atoms with Crippen molar-refractivity contribution in [1.29, 1.82) is 0 Å². The summed E-state index contributed by atoms with van der Waals surface area (Å²) in [6, 6.07) is 1.93. The molecule has 2 aromatic carbocycles. The summed E-state index contributed by atoms with van der Waals surface area (Å²) in [5.41, 5.74) is 8.05. The number of phenols is 1. The minimum Gasteiger partial charge on any atom is -0.508 e. The van der Waals surface area contributed by atoms with Crippen molar-refractivity contribution in [2.45, 2.75) is 160 Å². The molecule has 26 nitrogen and oxygen atoms in total. The number of aromatic hydroxyl groups is 1. The van der Waals surface area contributed by atoms with E-state index in [1.54, 1.807) is 31.3 Å². The number of phenolic OH excluding ortho intramolecular Hbond substituents is 1. The minimum absolute atomic E-state index is 0.0678. The van der Waals surface area contributed by atoms with Crippen molar-refractivity contribution in [3.63, 3.8) is 0 Å². The van der Waals surface area contributed by atoms with Crippen molar-refractivity contribution in [3.05, 3.63) is 84.1 Å². The number of amides is 10. The molecule has 2 aromatic heterocycles. The van der Waals surface area contributed by atoms with Gasteiger partial charge >= 0.3 is 0 Å². The zero-order chi connectivity index (χ0) is 61.0. The molecule has 0 aliphatic carbocycles. The molecular formula is C58H82N14O12. The van der Waals surface area contributed by atoms with E-state index in [1.807, 2.05) is 33.8 Å². The van der Waals surface area contributed by atoms with Crippen molar-refractivity contribution in [3.8, 4) is 5.75 Å². The maximum atomic E-state index is 14.9. The summed E-state index contributed by atoms with van der Waals surface area (Å²) < 4.78 is 0. The smallest absolute Gasteiger partial charge is 0.245 e. The van der Waals surface area contributed by atoms with Gasteiger partial charge in [0, 0.05) is 67.8 Å². The van der Waals surface area contributed by atoms with Crippen molar-refractivity contribution >= 4 is 70.0 Å². The molecule has 9 unspecified atom stereocenters. The van der Waals surface area contributed by atoms with Crippen LogP contribution in [0.2, 0.25) is 0 Å². The number of nitrogens with one attached hydrogen (secondary N) is 11. The predicted octanol–water partition coefficient (Wildman–Crippen LogP) is -0.753. The summed E-state index contributed by atoms with van der Waals surface area (Å²) in [4.78, 5) is 151. The second-order valence-electron chi connectivity index (χ2n) is 22.3. The Bertz CT molecular complexity index is 2910. The second kappa shape index (κ2) is 31.3. The van der Waals surface area contributed by atoms with Crippen LogP contribution in [0.1, 0.15) is 103 Å². The van der Waals surface area contributed by atoms with Gasteiger partial charge in [-0.1, -0.05) is 58.0 Å². The minimum atomic E-state index is -1.69. The number of hydrogen-bond donors (Lipinski definition) is 14. The number of nitrogens with two attached hydrogens (primary N) is 1. The van der Waals surface area contributed by atoms with Gasteiger partial charge in [0.25, 0.3) is 0 Å². The highest BCUT2D eigenvalue weighted by molar-refractivity contribution is 5.99. The number of para-hydroxylation sites is 1. The van der Waals surface area contributed by atoms with Crippen molar-refractivity contribution in [1.82, 2.24) is 67.7 Å². The second-order valence-corrected chi connectivity index (χ2v) is 22.3. The number of nitrogens with zero attached hydrogens (tertiary/aromatic N) is 2. The number of imidazole rings is 1. The number of benzene rings is 2. The molecule has 6 rings (SSSR count). The third kappa shape index (κ3) is 18.6. The highest BCUT2D eigenvalue weighted by Crippen LogP contribution is 2.22. The molecule has 0 spiro atoms. The molecule has 2 aliphatic rings. The summed E-state index contributed by atoms with van der Waals surface area (Å²) >= 11 is 0. The van der Waals surface area contributed by atoms with Crippen LogP contribution in [0.3, 0.4) is 0 Å². The molecule has 2 aliphatic heterocycles. The molecular weight excluding hydrogens is 1080 g/mol. The number of likely N-dealkylation sites (tertiary alicyclic amines) is 1. The Morgan fingerprint density at radius 3 is 1.83 bits per heavy atom. The summed E-state index contributed by atoms with van der Waals surface area (Å²) in [5, 5.41) is 45.8. The summed E-state index contributed by atoms with van der Waals surface area (Å²) in [5.74, 6) is -7.14. The van der Waals surface area contributed by atoms with E-state index in [0.29, 0.717) is 60.1 Å². The average Bonchev–Trinajstić information content (AvgIpc) is 4.20. The van der Waals surface area contributed by atoms with Crippen LogP contribution in [0.5, 0.6) is 5.75 Å². The SMILES string of the molecule is CCNC(=O)C1CCCN1C(=O)C(CCCN)NC(=O)C(CC(C)C)NC(=O)C(CC(C)C)NC(=O)C(Cc1ccc(O)cc1)NC(=O)C(Cc1c[nH]c2ccccc12)NC(=O)C(CO)NC(=O)C(Cc1cnc[nH]1)NC(=O)C1CCC(=O)N1. The van der Waals surface area contributed by atoms with Crippen molar-refractivity contribution < 1.29 is 58.2 Å². The lowest BCUT2D eigenvalue weighted by Gasteiger charge is -2.31. The number of carbonyl (C=O) groups is 10. The number of aliphatic hydroxyl groups is 1. The zero-order valence-electron chi connectivity index (χ0n) is 48.3.